The van der Waals surface area contributed by atoms with Gasteiger partial charge < -0.3 is 20.1 Å². The van der Waals surface area contributed by atoms with E-state index < -0.39 is 11.8 Å². The van der Waals surface area contributed by atoms with Crippen LogP contribution in [0.25, 0.3) is 21.5 Å². The first-order chi connectivity index (χ1) is 20.4. The molecule has 0 spiro atoms. The van der Waals surface area contributed by atoms with E-state index in [1.54, 1.807) is 24.3 Å². The molecule has 0 heterocycles. The molecule has 10 heteroatoms. The number of rotatable bonds is 8. The molecule has 2 amide bonds. The normalized spacial score (nSPS) is 10.5. The topological polar surface area (TPSA) is 101 Å². The maximum Gasteiger partial charge on any atom is 0.264 e. The second kappa shape index (κ2) is 13.5. The number of carbonyl (C=O) groups excluding carboxylic acids is 2. The van der Waals surface area contributed by atoms with Gasteiger partial charge in [0.25, 0.3) is 11.8 Å². The van der Waals surface area contributed by atoms with Crippen LogP contribution >= 0.6 is 24.4 Å². The molecular formula is C32H26N4O4S2. The predicted octanol–water partition coefficient (Wildman–Crippen LogP) is 5.78. The van der Waals surface area contributed by atoms with Gasteiger partial charge in [-0.15, -0.1) is 0 Å². The summed E-state index contributed by atoms with van der Waals surface area (Å²) in [5.41, 5.74) is 1.60. The molecule has 5 rings (SSSR count). The van der Waals surface area contributed by atoms with Crippen LogP contribution in [0, 0.1) is 0 Å². The molecule has 0 aliphatic rings. The summed E-state index contributed by atoms with van der Waals surface area (Å²) in [5, 5.41) is 15.8. The summed E-state index contributed by atoms with van der Waals surface area (Å²) in [6.45, 7) is -0.470. The minimum Gasteiger partial charge on any atom is -0.484 e. The van der Waals surface area contributed by atoms with Crippen LogP contribution in [-0.4, -0.2) is 35.3 Å². The molecule has 0 aromatic heterocycles. The Hall–Kier alpha value is -5.06. The van der Waals surface area contributed by atoms with Gasteiger partial charge in [0.05, 0.1) is 0 Å². The molecule has 0 bridgehead atoms. The molecule has 5 aromatic rings. The molecule has 210 valence electrons. The molecule has 0 fully saturated rings. The third-order valence-electron chi connectivity index (χ3n) is 6.15. The number of hydrogen-bond acceptors (Lipinski definition) is 6. The van der Waals surface area contributed by atoms with Crippen molar-refractivity contribution in [3.63, 3.8) is 0 Å². The lowest BCUT2D eigenvalue weighted by molar-refractivity contribution is -0.122. The van der Waals surface area contributed by atoms with E-state index in [2.05, 4.69) is 21.3 Å². The van der Waals surface area contributed by atoms with Crippen molar-refractivity contribution < 1.29 is 19.1 Å². The Morgan fingerprint density at radius 2 is 0.905 bits per heavy atom. The number of anilines is 2. The third-order valence-corrected chi connectivity index (χ3v) is 6.55. The van der Waals surface area contributed by atoms with Gasteiger partial charge in [-0.05, 0) is 71.6 Å². The fraction of sp³-hybridized carbons (Fsp3) is 0.0625. The molecule has 0 aliphatic carbocycles. The van der Waals surface area contributed by atoms with Gasteiger partial charge in [0.15, 0.2) is 23.4 Å². The molecule has 5 aromatic carbocycles. The first-order valence-corrected chi connectivity index (χ1v) is 13.8. The highest BCUT2D eigenvalue weighted by atomic mass is 32.1. The zero-order chi connectivity index (χ0) is 29.3. The van der Waals surface area contributed by atoms with E-state index in [0.717, 1.165) is 32.9 Å². The zero-order valence-corrected chi connectivity index (χ0v) is 23.9. The van der Waals surface area contributed by atoms with Crippen molar-refractivity contribution in [1.82, 2.24) is 10.6 Å². The van der Waals surface area contributed by atoms with Crippen LogP contribution in [0.5, 0.6) is 11.5 Å². The minimum atomic E-state index is -0.405. The fourth-order valence-corrected chi connectivity index (χ4v) is 4.68. The lowest BCUT2D eigenvalue weighted by Gasteiger charge is -2.13. The van der Waals surface area contributed by atoms with Crippen LogP contribution in [0.4, 0.5) is 11.4 Å². The van der Waals surface area contributed by atoms with Gasteiger partial charge in [-0.2, -0.15) is 0 Å². The van der Waals surface area contributed by atoms with Crippen LogP contribution < -0.4 is 30.7 Å². The Bertz CT molecular complexity index is 1640. The highest BCUT2D eigenvalue weighted by Gasteiger charge is 2.10. The Balaban J connectivity index is 1.03. The van der Waals surface area contributed by atoms with E-state index in [1.165, 1.54) is 0 Å². The number of nitrogens with one attached hydrogen (secondary N) is 4. The van der Waals surface area contributed by atoms with Gasteiger partial charge in [0, 0.05) is 22.1 Å². The van der Waals surface area contributed by atoms with Crippen LogP contribution in [0.3, 0.4) is 0 Å². The summed E-state index contributed by atoms with van der Waals surface area (Å²) in [5.74, 6) is 0.0984. The van der Waals surface area contributed by atoms with Gasteiger partial charge >= 0.3 is 0 Å². The SMILES string of the molecule is O=C(COc1ccc(OCC(=O)NC(=S)Nc2cccc3ccccc23)cc1)NC(=S)Nc1cccc2ccccc12. The van der Waals surface area contributed by atoms with Crippen LogP contribution in [0.1, 0.15) is 0 Å². The first kappa shape index (κ1) is 28.5. The molecular weight excluding hydrogens is 569 g/mol. The van der Waals surface area contributed by atoms with Crippen molar-refractivity contribution in [1.29, 1.82) is 0 Å². The van der Waals surface area contributed by atoms with Crippen LogP contribution in [0.15, 0.2) is 109 Å². The Morgan fingerprint density at radius 1 is 0.524 bits per heavy atom. The number of carbonyl (C=O) groups is 2. The van der Waals surface area contributed by atoms with E-state index in [1.807, 2.05) is 84.9 Å². The summed E-state index contributed by atoms with van der Waals surface area (Å²) in [6.07, 6.45) is 0. The minimum absolute atomic E-state index is 0.175. The Morgan fingerprint density at radius 3 is 1.33 bits per heavy atom. The number of ether oxygens (including phenoxy) is 2. The lowest BCUT2D eigenvalue weighted by atomic mass is 10.1. The predicted molar refractivity (Wildman–Crippen MR) is 174 cm³/mol. The van der Waals surface area contributed by atoms with E-state index in [0.29, 0.717) is 11.5 Å². The first-order valence-electron chi connectivity index (χ1n) is 13.0. The summed E-state index contributed by atoms with van der Waals surface area (Å²) >= 11 is 10.6. The van der Waals surface area contributed by atoms with Gasteiger partial charge in [0.1, 0.15) is 11.5 Å². The van der Waals surface area contributed by atoms with Gasteiger partial charge in [-0.1, -0.05) is 72.8 Å². The van der Waals surface area contributed by atoms with E-state index in [4.69, 9.17) is 33.9 Å². The van der Waals surface area contributed by atoms with Crippen molar-refractivity contribution in [2.24, 2.45) is 0 Å². The summed E-state index contributed by atoms with van der Waals surface area (Å²) in [4.78, 5) is 24.7. The van der Waals surface area contributed by atoms with Crippen LogP contribution in [0.2, 0.25) is 0 Å². The van der Waals surface area contributed by atoms with Crippen molar-refractivity contribution >= 4 is 79.4 Å². The average Bonchev–Trinajstić information content (AvgIpc) is 3.00. The number of thiocarbonyl (C=S) groups is 2. The molecule has 42 heavy (non-hydrogen) atoms. The summed E-state index contributed by atoms with van der Waals surface area (Å²) in [7, 11) is 0. The van der Waals surface area contributed by atoms with E-state index in [9.17, 15) is 9.59 Å². The summed E-state index contributed by atoms with van der Waals surface area (Å²) < 4.78 is 11.1. The molecule has 0 radical (unpaired) electrons. The molecule has 8 nitrogen and oxygen atoms in total. The molecule has 0 saturated carbocycles. The monoisotopic (exact) mass is 594 g/mol. The van der Waals surface area contributed by atoms with Crippen molar-refractivity contribution in [2.75, 3.05) is 23.8 Å². The summed E-state index contributed by atoms with van der Waals surface area (Å²) in [6, 6.07) is 33.9. The molecule has 0 aliphatic heterocycles. The molecule has 0 atom stereocenters. The number of benzene rings is 5. The van der Waals surface area contributed by atoms with E-state index >= 15 is 0 Å². The lowest BCUT2D eigenvalue weighted by Crippen LogP contribution is -2.37. The second-order valence-electron chi connectivity index (χ2n) is 9.11. The van der Waals surface area contributed by atoms with Crippen molar-refractivity contribution in [2.45, 2.75) is 0 Å². The number of hydrogen-bond donors (Lipinski definition) is 4. The largest absolute Gasteiger partial charge is 0.484 e. The van der Waals surface area contributed by atoms with Gasteiger partial charge in [-0.3, -0.25) is 20.2 Å². The number of fused-ring (bicyclic) bond motifs is 2. The van der Waals surface area contributed by atoms with Gasteiger partial charge in [0.2, 0.25) is 0 Å². The maximum atomic E-state index is 12.3. The fourth-order valence-electron chi connectivity index (χ4n) is 4.23. The zero-order valence-electron chi connectivity index (χ0n) is 22.3. The standard InChI is InChI=1S/C32H26N4O4S2/c37-29(35-31(41)33-27-13-5-9-21-7-1-3-11-25(21)27)19-39-23-15-17-24(18-16-23)40-20-30(38)36-32(42)34-28-14-6-10-22-8-2-4-12-26(22)28/h1-18H,19-20H2,(H2,33,35,37,41)(H2,34,36,38,42). The second-order valence-corrected chi connectivity index (χ2v) is 9.92. The quantitative estimate of drug-likeness (QED) is 0.168. The van der Waals surface area contributed by atoms with Gasteiger partial charge in [-0.25, -0.2) is 0 Å². The average molecular weight is 595 g/mol. The van der Waals surface area contributed by atoms with Crippen molar-refractivity contribution in [3.8, 4) is 11.5 Å². The van der Waals surface area contributed by atoms with E-state index in [-0.39, 0.29) is 23.4 Å². The smallest absolute Gasteiger partial charge is 0.264 e. The molecule has 0 unspecified atom stereocenters. The Labute approximate surface area is 253 Å². The molecule has 4 N–H and O–H groups in total. The third kappa shape index (κ3) is 7.57. The Kier molecular flexibility index (Phi) is 9.17. The highest BCUT2D eigenvalue weighted by Crippen LogP contribution is 2.24. The van der Waals surface area contributed by atoms with Crippen molar-refractivity contribution in [3.05, 3.63) is 109 Å². The maximum absolute atomic E-state index is 12.3. The number of amides is 2. The highest BCUT2D eigenvalue weighted by molar-refractivity contribution is 7.80. The molecule has 0 saturated heterocycles. The van der Waals surface area contributed by atoms with Crippen LogP contribution in [-0.2, 0) is 9.59 Å².